The molecule has 1 aromatic rings. The minimum absolute atomic E-state index is 0.0715. The summed E-state index contributed by atoms with van der Waals surface area (Å²) in [4.78, 5) is 22.7. The number of hydrogen-bond donors (Lipinski definition) is 0. The number of rotatable bonds is 5. The van der Waals surface area contributed by atoms with E-state index in [1.54, 1.807) is 0 Å². The van der Waals surface area contributed by atoms with Crippen molar-refractivity contribution in [1.29, 1.82) is 0 Å². The Kier molecular flexibility index (Phi) is 7.40. The fourth-order valence-corrected chi connectivity index (χ4v) is 7.48. The van der Waals surface area contributed by atoms with Gasteiger partial charge in [-0.25, -0.2) is 0 Å². The van der Waals surface area contributed by atoms with Gasteiger partial charge in [0.1, 0.15) is 0 Å². The molecule has 7 heteroatoms. The van der Waals surface area contributed by atoms with Crippen molar-refractivity contribution < 1.29 is 14.1 Å². The standard InChI is InChI=1S/C29H46N4O3/c1-29(13-14-29)28(34)32-15-9-21(10-16-32)26-30-27(36-31-26)22-11-17-33(24-7-5-3-2-4-6-8-24)25(19-22)23-12-18-35-20-23/h21-25H,2-20H2,1H3. The molecule has 3 unspecified atom stereocenters. The summed E-state index contributed by atoms with van der Waals surface area (Å²) in [5.41, 5.74) is -0.0715. The number of carbonyl (C=O) groups is 1. The van der Waals surface area contributed by atoms with E-state index in [-0.39, 0.29) is 5.41 Å². The topological polar surface area (TPSA) is 71.7 Å². The van der Waals surface area contributed by atoms with Gasteiger partial charge in [-0.3, -0.25) is 9.69 Å². The first kappa shape index (κ1) is 24.8. The Morgan fingerprint density at radius 3 is 2.33 bits per heavy atom. The zero-order valence-electron chi connectivity index (χ0n) is 22.3. The average molecular weight is 499 g/mol. The van der Waals surface area contributed by atoms with Crippen molar-refractivity contribution in [2.45, 2.75) is 121 Å². The molecule has 0 spiro atoms. The van der Waals surface area contributed by atoms with E-state index in [1.807, 2.05) is 0 Å². The van der Waals surface area contributed by atoms with Crippen molar-refractivity contribution in [2.75, 3.05) is 32.8 Å². The fourth-order valence-electron chi connectivity index (χ4n) is 7.48. The molecule has 200 valence electrons. The van der Waals surface area contributed by atoms with Crippen LogP contribution in [0.4, 0.5) is 0 Å². The van der Waals surface area contributed by atoms with Crippen LogP contribution in [0.1, 0.15) is 120 Å². The van der Waals surface area contributed by atoms with E-state index in [4.69, 9.17) is 14.2 Å². The van der Waals surface area contributed by atoms with Crippen LogP contribution in [-0.4, -0.2) is 70.8 Å². The Labute approximate surface area is 216 Å². The molecular weight excluding hydrogens is 452 g/mol. The molecule has 36 heavy (non-hydrogen) atoms. The van der Waals surface area contributed by atoms with E-state index in [9.17, 15) is 4.79 Å². The van der Waals surface area contributed by atoms with Gasteiger partial charge < -0.3 is 14.2 Å². The van der Waals surface area contributed by atoms with Gasteiger partial charge >= 0.3 is 0 Å². The van der Waals surface area contributed by atoms with E-state index < -0.39 is 0 Å². The van der Waals surface area contributed by atoms with Crippen LogP contribution < -0.4 is 0 Å². The first-order chi connectivity index (χ1) is 17.6. The van der Waals surface area contributed by atoms with Crippen LogP contribution in [0.3, 0.4) is 0 Å². The zero-order valence-corrected chi connectivity index (χ0v) is 22.3. The van der Waals surface area contributed by atoms with Gasteiger partial charge in [0.05, 0.1) is 6.61 Å². The number of aromatic nitrogens is 2. The lowest BCUT2D eigenvalue weighted by atomic mass is 9.81. The highest BCUT2D eigenvalue weighted by Crippen LogP contribution is 2.47. The quantitative estimate of drug-likeness (QED) is 0.551. The van der Waals surface area contributed by atoms with Gasteiger partial charge in [-0.15, -0.1) is 0 Å². The fraction of sp³-hybridized carbons (Fsp3) is 0.897. The molecule has 1 aromatic heterocycles. The van der Waals surface area contributed by atoms with Crippen LogP contribution in [0.2, 0.25) is 0 Å². The second kappa shape index (κ2) is 10.7. The van der Waals surface area contributed by atoms with Crippen molar-refractivity contribution in [1.82, 2.24) is 19.9 Å². The minimum atomic E-state index is -0.0715. The Morgan fingerprint density at radius 1 is 0.917 bits per heavy atom. The molecule has 4 heterocycles. The van der Waals surface area contributed by atoms with Crippen molar-refractivity contribution >= 4 is 5.91 Å². The molecule has 3 aliphatic heterocycles. The van der Waals surface area contributed by atoms with E-state index in [1.165, 1.54) is 51.4 Å². The zero-order chi connectivity index (χ0) is 24.5. The molecule has 0 N–H and O–H groups in total. The molecule has 3 saturated heterocycles. The van der Waals surface area contributed by atoms with Gasteiger partial charge in [-0.05, 0) is 64.3 Å². The molecule has 0 aromatic carbocycles. The highest BCUT2D eigenvalue weighted by molar-refractivity contribution is 5.85. The molecule has 2 saturated carbocycles. The van der Waals surface area contributed by atoms with Crippen molar-refractivity contribution in [3.8, 4) is 0 Å². The Morgan fingerprint density at radius 2 is 1.64 bits per heavy atom. The minimum Gasteiger partial charge on any atom is -0.381 e. The van der Waals surface area contributed by atoms with Gasteiger partial charge in [-0.2, -0.15) is 4.98 Å². The number of likely N-dealkylation sites (tertiary alicyclic amines) is 2. The molecule has 6 rings (SSSR count). The maximum Gasteiger partial charge on any atom is 0.229 e. The average Bonchev–Trinajstić information content (AvgIpc) is 3.29. The number of piperidine rings is 2. The van der Waals surface area contributed by atoms with Crippen LogP contribution in [0.15, 0.2) is 4.52 Å². The predicted molar refractivity (Wildman–Crippen MR) is 138 cm³/mol. The summed E-state index contributed by atoms with van der Waals surface area (Å²) in [5, 5.41) is 4.47. The summed E-state index contributed by atoms with van der Waals surface area (Å²) in [6.45, 7) is 6.73. The van der Waals surface area contributed by atoms with Gasteiger partial charge in [0, 0.05) is 54.9 Å². The van der Waals surface area contributed by atoms with Crippen molar-refractivity contribution in [3.05, 3.63) is 11.7 Å². The summed E-state index contributed by atoms with van der Waals surface area (Å²) in [5.74, 6) is 3.39. The third kappa shape index (κ3) is 5.24. The number of nitrogens with zero attached hydrogens (tertiary/aromatic N) is 4. The van der Waals surface area contributed by atoms with E-state index >= 15 is 0 Å². The van der Waals surface area contributed by atoms with Crippen LogP contribution in [0, 0.1) is 11.3 Å². The van der Waals surface area contributed by atoms with Gasteiger partial charge in [-0.1, -0.05) is 44.2 Å². The second-order valence-corrected chi connectivity index (χ2v) is 12.8. The van der Waals surface area contributed by atoms with Crippen LogP contribution >= 0.6 is 0 Å². The molecule has 1 amide bonds. The summed E-state index contributed by atoms with van der Waals surface area (Å²) in [7, 11) is 0. The highest BCUT2D eigenvalue weighted by Gasteiger charge is 2.48. The summed E-state index contributed by atoms with van der Waals surface area (Å²) >= 11 is 0. The van der Waals surface area contributed by atoms with E-state index in [0.29, 0.717) is 29.7 Å². The molecule has 0 radical (unpaired) electrons. The first-order valence-electron chi connectivity index (χ1n) is 15.1. The number of carbonyl (C=O) groups excluding carboxylic acids is 1. The second-order valence-electron chi connectivity index (χ2n) is 12.8. The Hall–Kier alpha value is -1.47. The lowest BCUT2D eigenvalue weighted by Crippen LogP contribution is -2.51. The molecular formula is C29H46N4O3. The monoisotopic (exact) mass is 498 g/mol. The Balaban J connectivity index is 1.09. The molecule has 7 nitrogen and oxygen atoms in total. The van der Waals surface area contributed by atoms with Gasteiger partial charge in [0.25, 0.3) is 0 Å². The maximum absolute atomic E-state index is 12.7. The largest absolute Gasteiger partial charge is 0.381 e. The van der Waals surface area contributed by atoms with Crippen LogP contribution in [0.5, 0.6) is 0 Å². The molecule has 0 bridgehead atoms. The summed E-state index contributed by atoms with van der Waals surface area (Å²) in [6, 6.07) is 1.31. The van der Waals surface area contributed by atoms with Crippen molar-refractivity contribution in [3.63, 3.8) is 0 Å². The lowest BCUT2D eigenvalue weighted by molar-refractivity contribution is -0.137. The normalized spacial score (nSPS) is 32.8. The third-order valence-corrected chi connectivity index (χ3v) is 10.2. The number of amides is 1. The SMILES string of the molecule is CC1(C(=O)N2CCC(c3noc(C4CCN(C5CCCCCCC5)C(C5CCOC5)C4)n3)CC2)CC1. The molecule has 5 aliphatic rings. The molecule has 5 fully saturated rings. The molecule has 3 atom stereocenters. The number of ether oxygens (including phenoxy) is 1. The summed E-state index contributed by atoms with van der Waals surface area (Å²) < 4.78 is 11.8. The van der Waals surface area contributed by atoms with Crippen LogP contribution in [0.25, 0.3) is 0 Å². The van der Waals surface area contributed by atoms with Gasteiger partial charge in [0.15, 0.2) is 5.82 Å². The Bertz CT molecular complexity index is 877. The third-order valence-electron chi connectivity index (χ3n) is 10.2. The first-order valence-corrected chi connectivity index (χ1v) is 15.1. The predicted octanol–water partition coefficient (Wildman–Crippen LogP) is 5.27. The molecule has 2 aliphatic carbocycles. The van der Waals surface area contributed by atoms with E-state index in [0.717, 1.165) is 89.1 Å². The summed E-state index contributed by atoms with van der Waals surface area (Å²) in [6.07, 6.45) is 17.1. The smallest absolute Gasteiger partial charge is 0.229 e. The van der Waals surface area contributed by atoms with E-state index in [2.05, 4.69) is 21.9 Å². The van der Waals surface area contributed by atoms with Crippen molar-refractivity contribution in [2.24, 2.45) is 11.3 Å². The highest BCUT2D eigenvalue weighted by atomic mass is 16.5. The van der Waals surface area contributed by atoms with Gasteiger partial charge in [0.2, 0.25) is 11.8 Å². The number of hydrogen-bond acceptors (Lipinski definition) is 6. The van der Waals surface area contributed by atoms with Crippen LogP contribution in [-0.2, 0) is 9.53 Å². The maximum atomic E-state index is 12.7. The lowest BCUT2D eigenvalue weighted by Gasteiger charge is -2.46.